The highest BCUT2D eigenvalue weighted by molar-refractivity contribution is 7.90. The van der Waals surface area contributed by atoms with Gasteiger partial charge in [0.15, 0.2) is 0 Å². The maximum Gasteiger partial charge on any atom is 0.330 e. The summed E-state index contributed by atoms with van der Waals surface area (Å²) in [6, 6.07) is 31.0. The predicted molar refractivity (Wildman–Crippen MR) is 247 cm³/mol. The molecular formula is C49H50N4O9S. The van der Waals surface area contributed by atoms with Crippen LogP contribution in [0.4, 0.5) is 0 Å². The van der Waals surface area contributed by atoms with Crippen LogP contribution in [0.2, 0.25) is 0 Å². The Morgan fingerprint density at radius 1 is 0.683 bits per heavy atom. The van der Waals surface area contributed by atoms with Crippen LogP contribution in [0.5, 0.6) is 0 Å². The van der Waals surface area contributed by atoms with Gasteiger partial charge in [0.2, 0.25) is 0 Å². The first-order valence-corrected chi connectivity index (χ1v) is 21.1. The summed E-state index contributed by atoms with van der Waals surface area (Å²) in [4.78, 5) is 49.4. The number of nitrogens with zero attached hydrogens (tertiary/aromatic N) is 2. The van der Waals surface area contributed by atoms with Crippen molar-refractivity contribution in [1.29, 1.82) is 5.26 Å². The minimum absolute atomic E-state index is 0.242. The molecule has 0 aliphatic rings. The highest BCUT2D eigenvalue weighted by atomic mass is 32.2. The highest BCUT2D eigenvalue weighted by Crippen LogP contribution is 2.24. The second-order valence-corrected chi connectivity index (χ2v) is 14.7. The SMILES string of the molecule is C=CC(=O)OCC.CC#N.CCOC(=O)/C=C/c1ccc2[nH]ccc2c1.CCOC(=O)/C=C/c1ccc2c(ccn2S(=O)(=O)c2ccc(C)cc2)c1.O=Cc1ccc2[nH]ccc2c1. The van der Waals surface area contributed by atoms with Crippen LogP contribution in [-0.2, 0) is 38.6 Å². The molecule has 0 radical (unpaired) electrons. The van der Waals surface area contributed by atoms with Gasteiger partial charge in [0.25, 0.3) is 10.0 Å². The Kier molecular flexibility index (Phi) is 20.3. The first-order chi connectivity index (χ1) is 30.3. The number of aryl methyl sites for hydroxylation is 1. The van der Waals surface area contributed by atoms with Crippen molar-refractivity contribution < 1.29 is 41.8 Å². The highest BCUT2D eigenvalue weighted by Gasteiger charge is 2.18. The Bertz CT molecular complexity index is 2820. The predicted octanol–water partition coefficient (Wildman–Crippen LogP) is 9.75. The summed E-state index contributed by atoms with van der Waals surface area (Å²) >= 11 is 0. The Balaban J connectivity index is 0.000000242. The molecule has 0 aliphatic carbocycles. The second kappa shape index (κ2) is 25.8. The smallest absolute Gasteiger partial charge is 0.330 e. The third kappa shape index (κ3) is 15.7. The van der Waals surface area contributed by atoms with Gasteiger partial charge in [-0.1, -0.05) is 36.4 Å². The third-order valence-electron chi connectivity index (χ3n) is 8.40. The van der Waals surface area contributed by atoms with E-state index in [4.69, 9.17) is 14.7 Å². The van der Waals surface area contributed by atoms with Crippen LogP contribution < -0.4 is 0 Å². The van der Waals surface area contributed by atoms with Crippen LogP contribution in [0.3, 0.4) is 0 Å². The van der Waals surface area contributed by atoms with E-state index in [0.29, 0.717) is 25.3 Å². The lowest BCUT2D eigenvalue weighted by atomic mass is 10.1. The summed E-state index contributed by atoms with van der Waals surface area (Å²) in [5.74, 6) is -1.08. The van der Waals surface area contributed by atoms with Crippen molar-refractivity contribution in [2.24, 2.45) is 0 Å². The van der Waals surface area contributed by atoms with E-state index in [9.17, 15) is 27.6 Å². The van der Waals surface area contributed by atoms with Gasteiger partial charge in [-0.15, -0.1) is 0 Å². The number of aromatic amines is 2. The van der Waals surface area contributed by atoms with Gasteiger partial charge >= 0.3 is 17.9 Å². The number of aldehydes is 1. The molecule has 0 saturated heterocycles. The topological polar surface area (TPSA) is 190 Å². The maximum atomic E-state index is 12.9. The zero-order valence-electron chi connectivity index (χ0n) is 35.7. The van der Waals surface area contributed by atoms with Gasteiger partial charge in [0.1, 0.15) is 6.29 Å². The summed E-state index contributed by atoms with van der Waals surface area (Å²) < 4.78 is 41.1. The number of benzene rings is 4. The van der Waals surface area contributed by atoms with Crippen molar-refractivity contribution in [3.8, 4) is 6.07 Å². The fourth-order valence-corrected chi connectivity index (χ4v) is 6.86. The quantitative estimate of drug-likeness (QED) is 0.0548. The van der Waals surface area contributed by atoms with Crippen LogP contribution in [0, 0.1) is 18.3 Å². The molecule has 0 bridgehead atoms. The average Bonchev–Trinajstić information content (AvgIpc) is 4.06. The molecule has 7 rings (SSSR count). The van der Waals surface area contributed by atoms with Gasteiger partial charge in [-0.2, -0.15) is 5.26 Å². The molecule has 0 aliphatic heterocycles. The molecule has 7 aromatic rings. The minimum Gasteiger partial charge on any atom is -0.463 e. The van der Waals surface area contributed by atoms with Crippen LogP contribution in [-0.4, -0.2) is 66.4 Å². The number of carbonyl (C=O) groups is 4. The number of hydrogen-bond donors (Lipinski definition) is 2. The average molecular weight is 871 g/mol. The molecule has 2 N–H and O–H groups in total. The fraction of sp³-hybridized carbons (Fsp3) is 0.163. The normalized spacial score (nSPS) is 10.5. The molecule has 0 unspecified atom stereocenters. The van der Waals surface area contributed by atoms with E-state index in [1.54, 1.807) is 93.7 Å². The molecule has 326 valence electrons. The Morgan fingerprint density at radius 2 is 1.14 bits per heavy atom. The molecule has 0 amide bonds. The zero-order chi connectivity index (χ0) is 46.2. The summed E-state index contributed by atoms with van der Waals surface area (Å²) in [5.41, 5.74) is 6.23. The van der Waals surface area contributed by atoms with E-state index >= 15 is 0 Å². The number of nitrogens with one attached hydrogen (secondary N) is 2. The summed E-state index contributed by atoms with van der Waals surface area (Å²) in [7, 11) is -3.66. The van der Waals surface area contributed by atoms with Crippen molar-refractivity contribution in [3.05, 3.63) is 163 Å². The molecule has 14 heteroatoms. The third-order valence-corrected chi connectivity index (χ3v) is 10.1. The fourth-order valence-electron chi connectivity index (χ4n) is 5.50. The van der Waals surface area contributed by atoms with Crippen molar-refractivity contribution in [2.75, 3.05) is 19.8 Å². The number of esters is 3. The van der Waals surface area contributed by atoms with Gasteiger partial charge in [0.05, 0.1) is 36.3 Å². The minimum atomic E-state index is -3.66. The van der Waals surface area contributed by atoms with E-state index in [0.717, 1.165) is 61.8 Å². The molecular weight excluding hydrogens is 821 g/mol. The molecule has 63 heavy (non-hydrogen) atoms. The molecule has 3 heterocycles. The molecule has 4 aromatic carbocycles. The Morgan fingerprint density at radius 3 is 1.62 bits per heavy atom. The number of H-pyrrole nitrogens is 2. The van der Waals surface area contributed by atoms with Crippen LogP contribution in [0.25, 0.3) is 44.9 Å². The van der Waals surface area contributed by atoms with E-state index in [1.807, 2.05) is 67.8 Å². The van der Waals surface area contributed by atoms with Gasteiger partial charge < -0.3 is 24.2 Å². The number of nitriles is 1. The van der Waals surface area contributed by atoms with Crippen LogP contribution in [0.15, 0.2) is 145 Å². The lowest BCUT2D eigenvalue weighted by Gasteiger charge is -2.08. The van der Waals surface area contributed by atoms with Gasteiger partial charge in [-0.3, -0.25) is 4.79 Å². The number of ether oxygens (including phenoxy) is 3. The van der Waals surface area contributed by atoms with Crippen molar-refractivity contribution in [2.45, 2.75) is 39.5 Å². The molecule has 0 fully saturated rings. The maximum absolute atomic E-state index is 12.9. The van der Waals surface area contributed by atoms with E-state index in [1.165, 1.54) is 23.0 Å². The van der Waals surface area contributed by atoms with E-state index in [2.05, 4.69) is 21.3 Å². The number of fused-ring (bicyclic) bond motifs is 3. The number of aromatic nitrogens is 3. The first kappa shape index (κ1) is 49.6. The molecule has 0 saturated carbocycles. The zero-order valence-corrected chi connectivity index (χ0v) is 36.6. The van der Waals surface area contributed by atoms with Gasteiger partial charge in [0, 0.05) is 71.1 Å². The van der Waals surface area contributed by atoms with Crippen molar-refractivity contribution in [3.63, 3.8) is 0 Å². The largest absolute Gasteiger partial charge is 0.463 e. The van der Waals surface area contributed by atoms with E-state index in [-0.39, 0.29) is 16.8 Å². The molecule has 3 aromatic heterocycles. The van der Waals surface area contributed by atoms with E-state index < -0.39 is 16.0 Å². The van der Waals surface area contributed by atoms with Crippen LogP contribution in [0.1, 0.15) is 54.7 Å². The summed E-state index contributed by atoms with van der Waals surface area (Å²) in [6.07, 6.45) is 13.5. The molecule has 0 spiro atoms. The first-order valence-electron chi connectivity index (χ1n) is 19.7. The summed E-state index contributed by atoms with van der Waals surface area (Å²) in [6.45, 7) is 13.0. The second-order valence-electron chi connectivity index (χ2n) is 12.9. The molecule has 0 atom stereocenters. The Hall–Kier alpha value is -7.76. The number of hydrogen-bond acceptors (Lipinski definition) is 10. The van der Waals surface area contributed by atoms with Gasteiger partial charge in [-0.05, 0) is 129 Å². The van der Waals surface area contributed by atoms with Crippen LogP contribution >= 0.6 is 0 Å². The van der Waals surface area contributed by atoms with Crippen molar-refractivity contribution >= 4 is 79.1 Å². The number of rotatable bonds is 11. The Labute approximate surface area is 367 Å². The van der Waals surface area contributed by atoms with Gasteiger partial charge in [-0.25, -0.2) is 26.8 Å². The lowest BCUT2D eigenvalue weighted by Crippen LogP contribution is -2.11. The molecule has 13 nitrogen and oxygen atoms in total. The standard InChI is InChI=1S/C20H19NO4S.C13H13NO2.C9H7NO.C5H8O2.C2H3N/c1-3-25-20(22)11-7-16-6-10-19-17(14-16)12-13-21(19)26(23,24)18-8-4-15(2)5-9-18;1-2-16-13(15)6-4-10-3-5-12-11(9-10)7-8-14-12;11-6-7-1-2-9-8(5-7)3-4-10-9;1-3-5(6)7-4-2;1-2-3/h4-14H,3H2,1-2H3;3-9,14H,2H2,1H3;1-6,10H;3H,1,4H2,2H3;1H3/b11-7+;6-4+;;;. The monoisotopic (exact) mass is 870 g/mol. The summed E-state index contributed by atoms with van der Waals surface area (Å²) in [5, 5.41) is 10.3. The lowest BCUT2D eigenvalue weighted by molar-refractivity contribution is -0.138. The van der Waals surface area contributed by atoms with Crippen molar-refractivity contribution in [1.82, 2.24) is 13.9 Å². The number of carbonyl (C=O) groups excluding carboxylic acids is 4.